The van der Waals surface area contributed by atoms with Crippen molar-refractivity contribution in [2.24, 2.45) is 0 Å². The van der Waals surface area contributed by atoms with E-state index in [0.29, 0.717) is 0 Å². The van der Waals surface area contributed by atoms with Crippen molar-refractivity contribution < 1.29 is 4.39 Å². The lowest BCUT2D eigenvalue weighted by Gasteiger charge is -2.23. The van der Waals surface area contributed by atoms with E-state index in [0.717, 1.165) is 30.2 Å². The molecule has 1 fully saturated rings. The van der Waals surface area contributed by atoms with E-state index in [1.165, 1.54) is 25.1 Å². The summed E-state index contributed by atoms with van der Waals surface area (Å²) in [6.07, 6.45) is 7.13. The third-order valence-corrected chi connectivity index (χ3v) is 3.79. The summed E-state index contributed by atoms with van der Waals surface area (Å²) < 4.78 is 13.3. The predicted molar refractivity (Wildman–Crippen MR) is 81.9 cm³/mol. The number of hydrogen-bond acceptors (Lipinski definition) is 4. The minimum Gasteiger partial charge on any atom is -0.375 e. The summed E-state index contributed by atoms with van der Waals surface area (Å²) in [5.41, 5.74) is 1.81. The summed E-state index contributed by atoms with van der Waals surface area (Å²) in [6.45, 7) is 4.08. The maximum absolute atomic E-state index is 13.3. The van der Waals surface area contributed by atoms with Crippen LogP contribution in [0.3, 0.4) is 0 Å². The maximum Gasteiger partial charge on any atom is 0.151 e. The van der Waals surface area contributed by atoms with Crippen molar-refractivity contribution in [3.63, 3.8) is 0 Å². The molecule has 5 heteroatoms. The molecule has 2 aromatic heterocycles. The molecule has 0 aromatic carbocycles. The number of anilines is 2. The molecule has 1 aliphatic heterocycles. The summed E-state index contributed by atoms with van der Waals surface area (Å²) >= 11 is 0. The van der Waals surface area contributed by atoms with Crippen LogP contribution in [0, 0.1) is 5.82 Å². The van der Waals surface area contributed by atoms with Crippen LogP contribution in [-0.2, 0) is 0 Å². The van der Waals surface area contributed by atoms with E-state index >= 15 is 0 Å². The zero-order valence-corrected chi connectivity index (χ0v) is 12.1. The van der Waals surface area contributed by atoms with Crippen LogP contribution in [-0.4, -0.2) is 23.1 Å². The highest BCUT2D eigenvalue weighted by Crippen LogP contribution is 2.29. The van der Waals surface area contributed by atoms with E-state index in [2.05, 4.69) is 20.2 Å². The lowest BCUT2D eigenvalue weighted by molar-refractivity contribution is 0.616. The lowest BCUT2D eigenvalue weighted by atomic mass is 10.1. The fourth-order valence-corrected chi connectivity index (χ4v) is 2.67. The monoisotopic (exact) mass is 286 g/mol. The van der Waals surface area contributed by atoms with Gasteiger partial charge in [0.05, 0.1) is 17.9 Å². The topological polar surface area (TPSA) is 41.1 Å². The minimum atomic E-state index is -0.313. The highest BCUT2D eigenvalue weighted by atomic mass is 19.1. The Hall–Kier alpha value is -2.17. The number of hydrogen-bond donors (Lipinski definition) is 1. The van der Waals surface area contributed by atoms with Crippen LogP contribution in [0.25, 0.3) is 0 Å². The van der Waals surface area contributed by atoms with Crippen LogP contribution in [0.15, 0.2) is 36.8 Å². The molecule has 0 spiro atoms. The van der Waals surface area contributed by atoms with Gasteiger partial charge < -0.3 is 10.2 Å². The van der Waals surface area contributed by atoms with Crippen molar-refractivity contribution in [1.29, 1.82) is 0 Å². The average Bonchev–Trinajstić information content (AvgIpc) is 3.02. The van der Waals surface area contributed by atoms with Gasteiger partial charge in [-0.3, -0.25) is 4.98 Å². The van der Waals surface area contributed by atoms with Crippen LogP contribution in [0.4, 0.5) is 15.9 Å². The Kier molecular flexibility index (Phi) is 3.99. The van der Waals surface area contributed by atoms with E-state index < -0.39 is 0 Å². The molecule has 3 heterocycles. The molecule has 1 aliphatic rings. The van der Waals surface area contributed by atoms with E-state index in [4.69, 9.17) is 0 Å². The number of pyridine rings is 2. The Labute approximate surface area is 124 Å². The molecule has 0 bridgehead atoms. The Morgan fingerprint density at radius 3 is 2.86 bits per heavy atom. The van der Waals surface area contributed by atoms with Crippen LogP contribution in [0.2, 0.25) is 0 Å². The first-order valence-corrected chi connectivity index (χ1v) is 7.31. The van der Waals surface area contributed by atoms with Gasteiger partial charge in [0.25, 0.3) is 0 Å². The number of halogens is 1. The van der Waals surface area contributed by atoms with E-state index in [1.54, 1.807) is 6.20 Å². The Morgan fingerprint density at radius 2 is 2.10 bits per heavy atom. The first kappa shape index (κ1) is 13.8. The second kappa shape index (κ2) is 6.08. The van der Waals surface area contributed by atoms with Gasteiger partial charge in [-0.1, -0.05) is 0 Å². The molecule has 1 unspecified atom stereocenters. The molecule has 21 heavy (non-hydrogen) atoms. The fourth-order valence-electron chi connectivity index (χ4n) is 2.67. The van der Waals surface area contributed by atoms with E-state index in [9.17, 15) is 4.39 Å². The number of aromatic nitrogens is 2. The first-order chi connectivity index (χ1) is 10.2. The van der Waals surface area contributed by atoms with Gasteiger partial charge in [-0.2, -0.15) is 0 Å². The normalized spacial score (nSPS) is 16.0. The largest absolute Gasteiger partial charge is 0.375 e. The smallest absolute Gasteiger partial charge is 0.151 e. The fraction of sp³-hybridized carbons (Fsp3) is 0.375. The average molecular weight is 286 g/mol. The standard InChI is InChI=1S/C16H19FN4/c1-12(13-9-14(17)11-18-10-13)20-15-5-4-6-19-16(15)21-7-2-3-8-21/h4-6,9-12,20H,2-3,7-8H2,1H3. The minimum absolute atomic E-state index is 0.0289. The Morgan fingerprint density at radius 1 is 1.29 bits per heavy atom. The second-order valence-electron chi connectivity index (χ2n) is 5.37. The van der Waals surface area contributed by atoms with Crippen molar-refractivity contribution in [2.75, 3.05) is 23.3 Å². The number of nitrogens with one attached hydrogen (secondary N) is 1. The van der Waals surface area contributed by atoms with Crippen LogP contribution < -0.4 is 10.2 Å². The molecule has 1 N–H and O–H groups in total. The molecule has 0 radical (unpaired) electrons. The molecular formula is C16H19FN4. The zero-order chi connectivity index (χ0) is 14.7. The van der Waals surface area contributed by atoms with E-state index in [-0.39, 0.29) is 11.9 Å². The van der Waals surface area contributed by atoms with Gasteiger partial charge in [-0.15, -0.1) is 0 Å². The van der Waals surface area contributed by atoms with Crippen molar-refractivity contribution in [1.82, 2.24) is 9.97 Å². The SMILES string of the molecule is CC(Nc1cccnc1N1CCCC1)c1cncc(F)c1. The molecule has 3 rings (SSSR count). The van der Waals surface area contributed by atoms with Gasteiger partial charge in [0.1, 0.15) is 5.82 Å². The number of rotatable bonds is 4. The third-order valence-electron chi connectivity index (χ3n) is 3.79. The van der Waals surface area contributed by atoms with Gasteiger partial charge in [0.15, 0.2) is 5.82 Å². The quantitative estimate of drug-likeness (QED) is 0.935. The summed E-state index contributed by atoms with van der Waals surface area (Å²) in [7, 11) is 0. The Balaban J connectivity index is 1.81. The summed E-state index contributed by atoms with van der Waals surface area (Å²) in [4.78, 5) is 10.7. The molecule has 0 saturated carbocycles. The molecule has 1 atom stereocenters. The van der Waals surface area contributed by atoms with E-state index in [1.807, 2.05) is 25.3 Å². The molecular weight excluding hydrogens is 267 g/mol. The van der Waals surface area contributed by atoms with Gasteiger partial charge >= 0.3 is 0 Å². The van der Waals surface area contributed by atoms with Crippen molar-refractivity contribution in [3.8, 4) is 0 Å². The summed E-state index contributed by atoms with van der Waals surface area (Å²) in [5.74, 6) is 0.665. The summed E-state index contributed by atoms with van der Waals surface area (Å²) in [5, 5.41) is 3.42. The maximum atomic E-state index is 13.3. The van der Waals surface area contributed by atoms with Crippen molar-refractivity contribution >= 4 is 11.5 Å². The molecule has 2 aromatic rings. The number of nitrogens with zero attached hydrogens (tertiary/aromatic N) is 3. The third kappa shape index (κ3) is 3.12. The van der Waals surface area contributed by atoms with Gasteiger partial charge in [0.2, 0.25) is 0 Å². The van der Waals surface area contributed by atoms with Crippen molar-refractivity contribution in [2.45, 2.75) is 25.8 Å². The highest BCUT2D eigenvalue weighted by molar-refractivity contribution is 5.66. The zero-order valence-electron chi connectivity index (χ0n) is 12.1. The van der Waals surface area contributed by atoms with Crippen LogP contribution in [0.5, 0.6) is 0 Å². The molecule has 0 amide bonds. The molecule has 0 aliphatic carbocycles. The van der Waals surface area contributed by atoms with Crippen LogP contribution >= 0.6 is 0 Å². The first-order valence-electron chi connectivity index (χ1n) is 7.31. The van der Waals surface area contributed by atoms with Gasteiger partial charge in [-0.25, -0.2) is 9.37 Å². The van der Waals surface area contributed by atoms with Crippen molar-refractivity contribution in [3.05, 3.63) is 48.2 Å². The highest BCUT2D eigenvalue weighted by Gasteiger charge is 2.18. The second-order valence-corrected chi connectivity index (χ2v) is 5.37. The molecule has 110 valence electrons. The van der Waals surface area contributed by atoms with Crippen LogP contribution in [0.1, 0.15) is 31.4 Å². The predicted octanol–water partition coefficient (Wildman–Crippen LogP) is 3.39. The lowest BCUT2D eigenvalue weighted by Crippen LogP contribution is -2.21. The summed E-state index contributed by atoms with van der Waals surface area (Å²) in [6, 6.07) is 5.41. The molecule has 1 saturated heterocycles. The van der Waals surface area contributed by atoms with Gasteiger partial charge in [-0.05, 0) is 43.5 Å². The van der Waals surface area contributed by atoms with Gasteiger partial charge in [0, 0.05) is 25.5 Å². The molecule has 4 nitrogen and oxygen atoms in total. The Bertz CT molecular complexity index is 611.